The summed E-state index contributed by atoms with van der Waals surface area (Å²) in [5, 5.41) is 8.83. The van der Waals surface area contributed by atoms with Crippen molar-refractivity contribution in [1.82, 2.24) is 0 Å². The molecule has 0 bridgehead atoms. The Hall–Kier alpha value is 0.400. The van der Waals surface area contributed by atoms with Crippen LogP contribution in [0.4, 0.5) is 0 Å². The van der Waals surface area contributed by atoms with E-state index in [1.54, 1.807) is 0 Å². The number of unbranched alkanes of at least 4 members (excludes halogenated alkanes) is 13. The highest BCUT2D eigenvalue weighted by atomic mass is 79.9. The van der Waals surface area contributed by atoms with Crippen LogP contribution in [-0.2, 0) is 0 Å². The molecule has 0 fully saturated rings. The van der Waals surface area contributed by atoms with E-state index in [-0.39, 0.29) is 17.0 Å². The summed E-state index contributed by atoms with van der Waals surface area (Å²) in [5.41, 5.74) is 0. The topological polar surface area (TPSA) is 24.7 Å². The molecule has 0 aliphatic carbocycles. The molecule has 0 amide bonds. The lowest BCUT2D eigenvalue weighted by atomic mass is 10.0. The molecule has 0 saturated carbocycles. The number of hydrogen-bond acceptors (Lipinski definition) is 1. The van der Waals surface area contributed by atoms with Crippen LogP contribution >= 0.6 is 0 Å². The summed E-state index contributed by atoms with van der Waals surface area (Å²) >= 11 is 0. The Morgan fingerprint density at radius 1 is 0.591 bits per heavy atom. The maximum atomic E-state index is 8.83. The standard InChI is InChI=1S/C19H41NO.BrH/c1-3-4-5-6-7-8-9-10-11-12-13-14-15-16-17-20(2)18-19-21;/h21H,3-19H2,1-2H3;1H. The maximum absolute atomic E-state index is 8.83. The number of halogens is 1. The Kier molecular flexibility index (Phi) is 24.0. The van der Waals surface area contributed by atoms with E-state index < -0.39 is 0 Å². The zero-order valence-electron chi connectivity index (χ0n) is 15.3. The van der Waals surface area contributed by atoms with Gasteiger partial charge in [0.25, 0.3) is 0 Å². The van der Waals surface area contributed by atoms with E-state index in [0.29, 0.717) is 6.61 Å². The van der Waals surface area contributed by atoms with Crippen molar-refractivity contribution in [3.8, 4) is 0 Å². The van der Waals surface area contributed by atoms with Crippen LogP contribution < -0.4 is 21.9 Å². The zero-order valence-corrected chi connectivity index (χ0v) is 16.9. The number of aliphatic hydroxyl groups excluding tert-OH is 1. The average Bonchev–Trinajstić information content (AvgIpc) is 2.48. The Labute approximate surface area is 150 Å². The van der Waals surface area contributed by atoms with E-state index in [1.165, 1.54) is 101 Å². The molecule has 0 aromatic carbocycles. The van der Waals surface area contributed by atoms with Gasteiger partial charge in [0.15, 0.2) is 0 Å². The molecule has 22 heavy (non-hydrogen) atoms. The van der Waals surface area contributed by atoms with Crippen LogP contribution in [0.1, 0.15) is 96.8 Å². The van der Waals surface area contributed by atoms with Gasteiger partial charge in [-0.25, -0.2) is 0 Å². The summed E-state index contributed by atoms with van der Waals surface area (Å²) in [4.78, 5) is 1.47. The zero-order chi connectivity index (χ0) is 15.6. The van der Waals surface area contributed by atoms with Crippen LogP contribution in [0.2, 0.25) is 0 Å². The second kappa shape index (κ2) is 21.4. The van der Waals surface area contributed by atoms with Gasteiger partial charge in [0.2, 0.25) is 0 Å². The van der Waals surface area contributed by atoms with Crippen LogP contribution in [-0.4, -0.2) is 31.9 Å². The predicted octanol–water partition coefficient (Wildman–Crippen LogP) is 0.979. The van der Waals surface area contributed by atoms with Crippen molar-refractivity contribution in [3.05, 3.63) is 0 Å². The molecule has 0 radical (unpaired) electrons. The number of likely N-dealkylation sites (N-methyl/N-ethyl adjacent to an activating group) is 1. The summed E-state index contributed by atoms with van der Waals surface area (Å²) in [6.45, 7) is 4.73. The number of quaternary nitrogens is 1. The molecule has 0 aliphatic heterocycles. The van der Waals surface area contributed by atoms with Gasteiger partial charge in [-0.15, -0.1) is 0 Å². The molecule has 3 heteroatoms. The van der Waals surface area contributed by atoms with Gasteiger partial charge in [0.1, 0.15) is 6.54 Å². The van der Waals surface area contributed by atoms with E-state index in [0.717, 1.165) is 6.54 Å². The average molecular weight is 380 g/mol. The second-order valence-corrected chi connectivity index (χ2v) is 6.78. The van der Waals surface area contributed by atoms with Gasteiger partial charge in [-0.05, 0) is 12.8 Å². The fourth-order valence-corrected chi connectivity index (χ4v) is 2.94. The molecule has 0 heterocycles. The third kappa shape index (κ3) is 20.4. The van der Waals surface area contributed by atoms with Crippen LogP contribution in [0, 0.1) is 0 Å². The monoisotopic (exact) mass is 379 g/mol. The molecule has 1 unspecified atom stereocenters. The van der Waals surface area contributed by atoms with E-state index in [2.05, 4.69) is 14.0 Å². The normalized spacial score (nSPS) is 12.1. The van der Waals surface area contributed by atoms with Gasteiger partial charge in [-0.3, -0.25) is 0 Å². The van der Waals surface area contributed by atoms with Crippen molar-refractivity contribution >= 4 is 0 Å². The Morgan fingerprint density at radius 3 is 1.32 bits per heavy atom. The fourth-order valence-electron chi connectivity index (χ4n) is 2.94. The minimum absolute atomic E-state index is 0. The van der Waals surface area contributed by atoms with Gasteiger partial charge in [0, 0.05) is 0 Å². The van der Waals surface area contributed by atoms with Crippen LogP contribution in [0.5, 0.6) is 0 Å². The molecule has 0 aliphatic rings. The van der Waals surface area contributed by atoms with Gasteiger partial charge in [0.05, 0.1) is 20.2 Å². The quantitative estimate of drug-likeness (QED) is 0.361. The molecule has 2 N–H and O–H groups in total. The molecular formula is C19H42BrNO. The lowest BCUT2D eigenvalue weighted by molar-refractivity contribution is -0.880. The van der Waals surface area contributed by atoms with Crippen LogP contribution in [0.15, 0.2) is 0 Å². The van der Waals surface area contributed by atoms with Crippen molar-refractivity contribution in [1.29, 1.82) is 0 Å². The lowest BCUT2D eigenvalue weighted by Crippen LogP contribution is -3.09. The summed E-state index contributed by atoms with van der Waals surface area (Å²) in [7, 11) is 2.18. The molecule has 1 atom stereocenters. The van der Waals surface area contributed by atoms with E-state index in [4.69, 9.17) is 5.11 Å². The van der Waals surface area contributed by atoms with Gasteiger partial charge in [-0.1, -0.05) is 84.0 Å². The number of nitrogens with one attached hydrogen (secondary N) is 1. The third-order valence-electron chi connectivity index (χ3n) is 4.50. The minimum atomic E-state index is 0. The lowest BCUT2D eigenvalue weighted by Gasteiger charge is -2.11. The van der Waals surface area contributed by atoms with Crippen molar-refractivity contribution in [2.24, 2.45) is 0 Å². The third-order valence-corrected chi connectivity index (χ3v) is 4.50. The molecule has 0 saturated heterocycles. The van der Waals surface area contributed by atoms with E-state index in [9.17, 15) is 0 Å². The van der Waals surface area contributed by atoms with Crippen molar-refractivity contribution in [2.45, 2.75) is 96.8 Å². The Bertz CT molecular complexity index is 190. The summed E-state index contributed by atoms with van der Waals surface area (Å²) in [6, 6.07) is 0. The Morgan fingerprint density at radius 2 is 0.955 bits per heavy atom. The highest BCUT2D eigenvalue weighted by Gasteiger charge is 1.99. The summed E-state index contributed by atoms with van der Waals surface area (Å²) in [6.07, 6.45) is 20.0. The maximum Gasteiger partial charge on any atom is 0.100 e. The number of rotatable bonds is 17. The Balaban J connectivity index is 0. The summed E-state index contributed by atoms with van der Waals surface area (Å²) < 4.78 is 0. The van der Waals surface area contributed by atoms with Gasteiger partial charge >= 0.3 is 0 Å². The largest absolute Gasteiger partial charge is 1.00 e. The van der Waals surface area contributed by atoms with E-state index >= 15 is 0 Å². The minimum Gasteiger partial charge on any atom is -1.00 e. The second-order valence-electron chi connectivity index (χ2n) is 6.78. The molecule has 0 aromatic heterocycles. The summed E-state index contributed by atoms with van der Waals surface area (Å²) in [5.74, 6) is 0. The fraction of sp³-hybridized carbons (Fsp3) is 1.00. The first-order valence-electron chi connectivity index (χ1n) is 9.73. The molecule has 2 nitrogen and oxygen atoms in total. The first-order valence-corrected chi connectivity index (χ1v) is 9.73. The van der Waals surface area contributed by atoms with Gasteiger partial charge in [-0.2, -0.15) is 0 Å². The number of aliphatic hydroxyl groups is 1. The van der Waals surface area contributed by atoms with Crippen LogP contribution in [0.25, 0.3) is 0 Å². The smallest absolute Gasteiger partial charge is 0.100 e. The predicted molar refractivity (Wildman–Crippen MR) is 94.0 cm³/mol. The first-order chi connectivity index (χ1) is 10.3. The molecule has 0 rings (SSSR count). The first kappa shape index (κ1) is 24.6. The highest BCUT2D eigenvalue weighted by Crippen LogP contribution is 2.12. The van der Waals surface area contributed by atoms with Crippen LogP contribution in [0.3, 0.4) is 0 Å². The highest BCUT2D eigenvalue weighted by molar-refractivity contribution is 4.49. The molecule has 0 spiro atoms. The van der Waals surface area contributed by atoms with Gasteiger partial charge < -0.3 is 27.0 Å². The van der Waals surface area contributed by atoms with Crippen molar-refractivity contribution < 1.29 is 27.0 Å². The van der Waals surface area contributed by atoms with Crippen molar-refractivity contribution in [3.63, 3.8) is 0 Å². The molecule has 136 valence electrons. The SMILES string of the molecule is CCCCCCCCCCCCCCCC[NH+](C)CCO.[Br-]. The molecule has 0 aromatic rings. The molecular weight excluding hydrogens is 338 g/mol. The number of hydrogen-bond donors (Lipinski definition) is 2. The van der Waals surface area contributed by atoms with Crippen molar-refractivity contribution in [2.75, 3.05) is 26.7 Å². The van der Waals surface area contributed by atoms with E-state index in [1.807, 2.05) is 0 Å².